The lowest BCUT2D eigenvalue weighted by molar-refractivity contribution is 0.0380. The lowest BCUT2D eigenvalue weighted by Gasteiger charge is -2.38. The first-order chi connectivity index (χ1) is 15.0. The number of aromatic nitrogens is 1. The molecule has 4 aliphatic rings. The van der Waals surface area contributed by atoms with Crippen molar-refractivity contribution < 1.29 is 22.5 Å². The third-order valence-electron chi connectivity index (χ3n) is 7.04. The van der Waals surface area contributed by atoms with Gasteiger partial charge in [0.2, 0.25) is 10.0 Å². The molecular formula is C21H32N4O5S. The van der Waals surface area contributed by atoms with Crippen molar-refractivity contribution in [3.05, 3.63) is 17.5 Å². The number of piperidine rings is 1. The van der Waals surface area contributed by atoms with Crippen molar-refractivity contribution in [2.45, 2.75) is 69.0 Å². The number of sulfonamides is 1. The Kier molecular flexibility index (Phi) is 6.07. The van der Waals surface area contributed by atoms with Crippen molar-refractivity contribution in [3.8, 4) is 0 Å². The standard InChI is InChI=1S/C21H32N4O5S/c26-21(19-14-20(30-23-19)15-2-3-15)22-16-12-17-4-5-18(13-16)25(17)31(27,28)11-1-6-24-7-9-29-10-8-24/h14-18H,1-13H2,(H,22,26)/t16-,17-,18+. The fourth-order valence-corrected chi connectivity index (χ4v) is 7.32. The van der Waals surface area contributed by atoms with E-state index in [0.29, 0.717) is 30.9 Å². The van der Waals surface area contributed by atoms with Crippen LogP contribution in [0.2, 0.25) is 0 Å². The Labute approximate surface area is 183 Å². The molecule has 4 fully saturated rings. The van der Waals surface area contributed by atoms with Gasteiger partial charge in [-0.15, -0.1) is 0 Å². The first kappa shape index (κ1) is 21.4. The molecule has 1 aromatic heterocycles. The van der Waals surface area contributed by atoms with Gasteiger partial charge in [0.05, 0.1) is 19.0 Å². The third-order valence-corrected chi connectivity index (χ3v) is 9.09. The van der Waals surface area contributed by atoms with E-state index in [2.05, 4.69) is 15.4 Å². The molecular weight excluding hydrogens is 420 g/mol. The molecule has 3 saturated heterocycles. The average molecular weight is 453 g/mol. The molecule has 1 saturated carbocycles. The number of hydrogen-bond acceptors (Lipinski definition) is 7. The van der Waals surface area contributed by atoms with Gasteiger partial charge in [0.15, 0.2) is 5.69 Å². The van der Waals surface area contributed by atoms with Crippen LogP contribution >= 0.6 is 0 Å². The molecule has 0 radical (unpaired) electrons. The van der Waals surface area contributed by atoms with Crippen LogP contribution in [0.4, 0.5) is 0 Å². The largest absolute Gasteiger partial charge is 0.379 e. The highest BCUT2D eigenvalue weighted by Crippen LogP contribution is 2.40. The number of carbonyl (C=O) groups excluding carboxylic acids is 1. The van der Waals surface area contributed by atoms with Gasteiger partial charge in [-0.05, 0) is 51.5 Å². The summed E-state index contributed by atoms with van der Waals surface area (Å²) in [4.78, 5) is 14.9. The molecule has 9 nitrogen and oxygen atoms in total. The van der Waals surface area contributed by atoms with Gasteiger partial charge >= 0.3 is 0 Å². The fraction of sp³-hybridized carbons (Fsp3) is 0.810. The predicted molar refractivity (Wildman–Crippen MR) is 113 cm³/mol. The summed E-state index contributed by atoms with van der Waals surface area (Å²) >= 11 is 0. The zero-order valence-corrected chi connectivity index (χ0v) is 18.7. The van der Waals surface area contributed by atoms with Gasteiger partial charge in [0.1, 0.15) is 5.76 Å². The van der Waals surface area contributed by atoms with Crippen LogP contribution in [0.15, 0.2) is 10.6 Å². The molecule has 0 spiro atoms. The van der Waals surface area contributed by atoms with Crippen LogP contribution in [0.1, 0.15) is 67.1 Å². The molecule has 1 aromatic rings. The zero-order valence-electron chi connectivity index (χ0n) is 17.9. The van der Waals surface area contributed by atoms with E-state index in [1.807, 2.05) is 0 Å². The van der Waals surface area contributed by atoms with Gasteiger partial charge in [-0.25, -0.2) is 8.42 Å². The maximum absolute atomic E-state index is 13.1. The number of hydrogen-bond donors (Lipinski definition) is 1. The summed E-state index contributed by atoms with van der Waals surface area (Å²) in [6.07, 6.45) is 5.91. The Hall–Kier alpha value is -1.49. The van der Waals surface area contributed by atoms with Crippen molar-refractivity contribution >= 4 is 15.9 Å². The topological polar surface area (TPSA) is 105 Å². The van der Waals surface area contributed by atoms with Crippen LogP contribution in [0.25, 0.3) is 0 Å². The monoisotopic (exact) mass is 452 g/mol. The second-order valence-corrected chi connectivity index (χ2v) is 11.4. The molecule has 0 aromatic carbocycles. The van der Waals surface area contributed by atoms with E-state index in [0.717, 1.165) is 64.3 Å². The molecule has 0 unspecified atom stereocenters. The SMILES string of the molecule is O=C(N[C@@H]1C[C@H]2CC[C@@H](C1)N2S(=O)(=O)CCCN1CCOCC1)c1cc(C2CC2)on1. The lowest BCUT2D eigenvalue weighted by Crippen LogP contribution is -2.53. The maximum Gasteiger partial charge on any atom is 0.273 e. The Balaban J connectivity index is 1.14. The van der Waals surface area contributed by atoms with E-state index < -0.39 is 10.0 Å². The number of ether oxygens (including phenoxy) is 1. The molecule has 31 heavy (non-hydrogen) atoms. The van der Waals surface area contributed by atoms with E-state index in [9.17, 15) is 13.2 Å². The Bertz CT molecular complexity index is 879. The summed E-state index contributed by atoms with van der Waals surface area (Å²) in [5, 5.41) is 6.98. The van der Waals surface area contributed by atoms with Crippen LogP contribution in [0.5, 0.6) is 0 Å². The van der Waals surface area contributed by atoms with Crippen LogP contribution in [0.3, 0.4) is 0 Å². The molecule has 1 amide bonds. The number of nitrogens with one attached hydrogen (secondary N) is 1. The first-order valence-electron chi connectivity index (χ1n) is 11.6. The summed E-state index contributed by atoms with van der Waals surface area (Å²) in [6.45, 7) is 4.01. The molecule has 2 bridgehead atoms. The van der Waals surface area contributed by atoms with Crippen molar-refractivity contribution in [1.29, 1.82) is 0 Å². The molecule has 3 aliphatic heterocycles. The van der Waals surface area contributed by atoms with Crippen LogP contribution in [0, 0.1) is 0 Å². The maximum atomic E-state index is 13.1. The van der Waals surface area contributed by atoms with Crippen LogP contribution in [-0.2, 0) is 14.8 Å². The van der Waals surface area contributed by atoms with Crippen molar-refractivity contribution in [1.82, 2.24) is 19.7 Å². The lowest BCUT2D eigenvalue weighted by atomic mass is 9.99. The molecule has 1 aliphatic carbocycles. The van der Waals surface area contributed by atoms with E-state index in [1.165, 1.54) is 0 Å². The Morgan fingerprint density at radius 3 is 2.52 bits per heavy atom. The Morgan fingerprint density at radius 1 is 1.13 bits per heavy atom. The van der Waals surface area contributed by atoms with Crippen molar-refractivity contribution in [2.24, 2.45) is 0 Å². The number of rotatable bonds is 8. The van der Waals surface area contributed by atoms with Gasteiger partial charge in [-0.1, -0.05) is 5.16 Å². The predicted octanol–water partition coefficient (Wildman–Crippen LogP) is 1.33. The molecule has 3 atom stereocenters. The molecule has 172 valence electrons. The molecule has 4 heterocycles. The summed E-state index contributed by atoms with van der Waals surface area (Å²) in [5.74, 6) is 1.18. The fourth-order valence-electron chi connectivity index (χ4n) is 5.32. The number of amides is 1. The summed E-state index contributed by atoms with van der Waals surface area (Å²) in [5.41, 5.74) is 0.326. The van der Waals surface area contributed by atoms with Crippen molar-refractivity contribution in [3.63, 3.8) is 0 Å². The van der Waals surface area contributed by atoms with E-state index >= 15 is 0 Å². The normalized spacial score (nSPS) is 29.9. The van der Waals surface area contributed by atoms with Gasteiger partial charge < -0.3 is 14.6 Å². The number of fused-ring (bicyclic) bond motifs is 2. The van der Waals surface area contributed by atoms with Gasteiger partial charge in [-0.3, -0.25) is 9.69 Å². The van der Waals surface area contributed by atoms with Gasteiger partial charge in [-0.2, -0.15) is 4.31 Å². The highest BCUT2D eigenvalue weighted by Gasteiger charge is 2.46. The average Bonchev–Trinajstić information content (AvgIpc) is 3.40. The Morgan fingerprint density at radius 2 is 1.84 bits per heavy atom. The van der Waals surface area contributed by atoms with Gasteiger partial charge in [0.25, 0.3) is 5.91 Å². The minimum atomic E-state index is -3.29. The molecule has 10 heteroatoms. The van der Waals surface area contributed by atoms with Crippen LogP contribution in [-0.4, -0.2) is 85.4 Å². The minimum absolute atomic E-state index is 0.0169. The van der Waals surface area contributed by atoms with E-state index in [4.69, 9.17) is 9.26 Å². The van der Waals surface area contributed by atoms with Crippen molar-refractivity contribution in [2.75, 3.05) is 38.6 Å². The van der Waals surface area contributed by atoms with E-state index in [1.54, 1.807) is 10.4 Å². The number of nitrogens with zero attached hydrogens (tertiary/aromatic N) is 3. The third kappa shape index (κ3) is 4.81. The zero-order chi connectivity index (χ0) is 21.4. The highest BCUT2D eigenvalue weighted by atomic mass is 32.2. The van der Waals surface area contributed by atoms with E-state index in [-0.39, 0.29) is 29.8 Å². The summed E-state index contributed by atoms with van der Waals surface area (Å²) in [7, 11) is -3.29. The van der Waals surface area contributed by atoms with Crippen LogP contribution < -0.4 is 5.32 Å². The second-order valence-electron chi connectivity index (χ2n) is 9.37. The molecule has 1 N–H and O–H groups in total. The quantitative estimate of drug-likeness (QED) is 0.634. The minimum Gasteiger partial charge on any atom is -0.379 e. The summed E-state index contributed by atoms with van der Waals surface area (Å²) < 4.78 is 38.6. The number of morpholine rings is 1. The molecule has 5 rings (SSSR count). The highest BCUT2D eigenvalue weighted by molar-refractivity contribution is 7.89. The second kappa shape index (κ2) is 8.80. The smallest absolute Gasteiger partial charge is 0.273 e. The number of carbonyl (C=O) groups is 1. The van der Waals surface area contributed by atoms with Gasteiger partial charge in [0, 0.05) is 43.2 Å². The summed E-state index contributed by atoms with van der Waals surface area (Å²) in [6, 6.07) is 1.69. The first-order valence-corrected chi connectivity index (χ1v) is 13.2.